The van der Waals surface area contributed by atoms with E-state index in [1.54, 1.807) is 31.1 Å². The van der Waals surface area contributed by atoms with Crippen molar-refractivity contribution in [3.63, 3.8) is 0 Å². The fraction of sp³-hybridized carbons (Fsp3) is 0.333. The van der Waals surface area contributed by atoms with Gasteiger partial charge >= 0.3 is 5.69 Å². The van der Waals surface area contributed by atoms with Crippen molar-refractivity contribution >= 4 is 22.1 Å². The molecule has 5 rings (SSSR count). The number of fused-ring (bicyclic) bond motifs is 3. The number of nitrogens with one attached hydrogen (secondary N) is 1. The number of piperidine rings is 1. The zero-order chi connectivity index (χ0) is 20.0. The van der Waals surface area contributed by atoms with Crippen LogP contribution in [0, 0.1) is 0 Å². The van der Waals surface area contributed by atoms with E-state index in [9.17, 15) is 4.79 Å². The fourth-order valence-corrected chi connectivity index (χ4v) is 4.10. The molecular weight excluding hydrogens is 368 g/mol. The van der Waals surface area contributed by atoms with E-state index >= 15 is 0 Å². The van der Waals surface area contributed by atoms with Crippen molar-refractivity contribution in [2.24, 2.45) is 7.05 Å². The van der Waals surface area contributed by atoms with Crippen LogP contribution in [-0.2, 0) is 7.05 Å². The topological polar surface area (TPSA) is 86.9 Å². The Bertz CT molecular complexity index is 1250. The molecule has 0 amide bonds. The van der Waals surface area contributed by atoms with Gasteiger partial charge in [0.05, 0.1) is 35.6 Å². The van der Waals surface area contributed by atoms with Gasteiger partial charge in [-0.3, -0.25) is 14.1 Å². The Hall–Kier alpha value is -3.26. The van der Waals surface area contributed by atoms with E-state index in [0.29, 0.717) is 5.88 Å². The monoisotopic (exact) mass is 390 g/mol. The lowest BCUT2D eigenvalue weighted by Gasteiger charge is -2.24. The van der Waals surface area contributed by atoms with Gasteiger partial charge in [-0.15, -0.1) is 0 Å². The smallest absolute Gasteiger partial charge is 0.329 e. The molecule has 1 aliphatic rings. The first-order valence-corrected chi connectivity index (χ1v) is 9.75. The quantitative estimate of drug-likeness (QED) is 0.578. The second kappa shape index (κ2) is 6.97. The summed E-state index contributed by atoms with van der Waals surface area (Å²) in [5, 5.41) is 3.37. The first kappa shape index (κ1) is 17.8. The van der Waals surface area contributed by atoms with Crippen molar-refractivity contribution in [1.82, 2.24) is 29.4 Å². The highest BCUT2D eigenvalue weighted by atomic mass is 16.5. The lowest BCUT2D eigenvalue weighted by molar-refractivity contribution is 0.366. The van der Waals surface area contributed by atoms with E-state index in [0.717, 1.165) is 59.3 Å². The Morgan fingerprint density at radius 2 is 1.93 bits per heavy atom. The van der Waals surface area contributed by atoms with Gasteiger partial charge in [-0.05, 0) is 44.1 Å². The Balaban J connectivity index is 1.75. The second-order valence-electron chi connectivity index (χ2n) is 7.34. The fourth-order valence-electron chi connectivity index (χ4n) is 4.10. The Morgan fingerprint density at radius 3 is 2.66 bits per heavy atom. The Kier molecular flexibility index (Phi) is 4.28. The second-order valence-corrected chi connectivity index (χ2v) is 7.34. The number of ether oxygens (including phenoxy) is 1. The minimum Gasteiger partial charge on any atom is -0.481 e. The van der Waals surface area contributed by atoms with Crippen LogP contribution in [0.1, 0.15) is 18.9 Å². The molecule has 0 radical (unpaired) electrons. The molecule has 1 N–H and O–H groups in total. The summed E-state index contributed by atoms with van der Waals surface area (Å²) >= 11 is 0. The van der Waals surface area contributed by atoms with Gasteiger partial charge in [-0.25, -0.2) is 14.8 Å². The van der Waals surface area contributed by atoms with Crippen LogP contribution in [0.25, 0.3) is 33.3 Å². The molecular formula is C21H22N6O2. The van der Waals surface area contributed by atoms with Crippen molar-refractivity contribution in [2.45, 2.75) is 18.9 Å². The number of rotatable bonds is 3. The molecule has 8 heteroatoms. The normalized spacial score (nSPS) is 15.2. The summed E-state index contributed by atoms with van der Waals surface area (Å²) in [6.07, 6.45) is 5.36. The predicted octanol–water partition coefficient (Wildman–Crippen LogP) is 2.28. The van der Waals surface area contributed by atoms with E-state index in [-0.39, 0.29) is 11.7 Å². The number of nitrogens with zero attached hydrogens (tertiary/aromatic N) is 5. The van der Waals surface area contributed by atoms with Gasteiger partial charge in [-0.1, -0.05) is 0 Å². The van der Waals surface area contributed by atoms with Crippen LogP contribution in [0.5, 0.6) is 5.88 Å². The first-order chi connectivity index (χ1) is 14.2. The van der Waals surface area contributed by atoms with Crippen LogP contribution in [0.4, 0.5) is 0 Å². The van der Waals surface area contributed by atoms with Crippen molar-refractivity contribution in [3.05, 3.63) is 47.1 Å². The molecule has 148 valence electrons. The highest BCUT2D eigenvalue weighted by Crippen LogP contribution is 2.29. The molecule has 8 nitrogen and oxygen atoms in total. The summed E-state index contributed by atoms with van der Waals surface area (Å²) in [6, 6.07) is 7.78. The summed E-state index contributed by atoms with van der Waals surface area (Å²) in [7, 11) is 3.39. The van der Waals surface area contributed by atoms with Crippen molar-refractivity contribution in [1.29, 1.82) is 0 Å². The third-order valence-electron chi connectivity index (χ3n) is 5.68. The zero-order valence-corrected chi connectivity index (χ0v) is 16.4. The number of hydrogen-bond donors (Lipinski definition) is 1. The molecule has 0 atom stereocenters. The molecule has 0 aromatic carbocycles. The number of imidazole rings is 1. The largest absolute Gasteiger partial charge is 0.481 e. The van der Waals surface area contributed by atoms with Crippen LogP contribution in [0.2, 0.25) is 0 Å². The van der Waals surface area contributed by atoms with Gasteiger partial charge in [0.1, 0.15) is 5.52 Å². The minimum absolute atomic E-state index is 0.0143. The Labute approximate surface area is 167 Å². The molecule has 1 fully saturated rings. The van der Waals surface area contributed by atoms with Gasteiger partial charge in [0.15, 0.2) is 0 Å². The predicted molar refractivity (Wildman–Crippen MR) is 111 cm³/mol. The SMILES string of the molecule is COc1ccc(-c2ccc3ncc4c(c3n2)n(C2CCNCC2)c(=O)n4C)cn1. The molecule has 0 aliphatic carbocycles. The van der Waals surface area contributed by atoms with E-state index in [1.807, 2.05) is 28.8 Å². The van der Waals surface area contributed by atoms with Crippen LogP contribution < -0.4 is 15.7 Å². The van der Waals surface area contributed by atoms with Gasteiger partial charge in [0.25, 0.3) is 0 Å². The van der Waals surface area contributed by atoms with E-state index < -0.39 is 0 Å². The molecule has 1 saturated heterocycles. The standard InChI is InChI=1S/C21H22N6O2/c1-26-17-12-23-16-5-4-15(13-3-6-18(29-2)24-11-13)25-19(16)20(17)27(21(26)28)14-7-9-22-10-8-14/h3-6,11-12,14,22H,7-10H2,1-2H3. The number of hydrogen-bond acceptors (Lipinski definition) is 6. The van der Waals surface area contributed by atoms with Gasteiger partial charge in [0, 0.05) is 30.9 Å². The van der Waals surface area contributed by atoms with Gasteiger partial charge in [0.2, 0.25) is 5.88 Å². The summed E-state index contributed by atoms with van der Waals surface area (Å²) in [5.41, 5.74) is 4.84. The molecule has 0 saturated carbocycles. The van der Waals surface area contributed by atoms with Crippen molar-refractivity contribution < 1.29 is 4.74 Å². The minimum atomic E-state index is -0.0143. The maximum atomic E-state index is 13.1. The maximum absolute atomic E-state index is 13.1. The molecule has 5 heterocycles. The third-order valence-corrected chi connectivity index (χ3v) is 5.68. The lowest BCUT2D eigenvalue weighted by atomic mass is 10.1. The van der Waals surface area contributed by atoms with Gasteiger partial charge < -0.3 is 10.1 Å². The first-order valence-electron chi connectivity index (χ1n) is 9.75. The molecule has 29 heavy (non-hydrogen) atoms. The number of aryl methyl sites for hydroxylation is 1. The van der Waals surface area contributed by atoms with E-state index in [4.69, 9.17) is 9.72 Å². The van der Waals surface area contributed by atoms with Crippen LogP contribution in [-0.4, -0.2) is 44.3 Å². The highest BCUT2D eigenvalue weighted by Gasteiger charge is 2.23. The molecule has 1 aliphatic heterocycles. The molecule has 0 unspecified atom stereocenters. The maximum Gasteiger partial charge on any atom is 0.329 e. The lowest BCUT2D eigenvalue weighted by Crippen LogP contribution is -2.34. The van der Waals surface area contributed by atoms with Crippen LogP contribution in [0.3, 0.4) is 0 Å². The third kappa shape index (κ3) is 2.87. The average Bonchev–Trinajstić information content (AvgIpc) is 3.04. The summed E-state index contributed by atoms with van der Waals surface area (Å²) in [4.78, 5) is 26.8. The molecule has 4 aromatic heterocycles. The number of aromatic nitrogens is 5. The zero-order valence-electron chi connectivity index (χ0n) is 16.4. The summed E-state index contributed by atoms with van der Waals surface area (Å²) < 4.78 is 8.74. The van der Waals surface area contributed by atoms with Crippen LogP contribution in [0.15, 0.2) is 41.5 Å². The molecule has 0 bridgehead atoms. The molecule has 0 spiro atoms. The van der Waals surface area contributed by atoms with Crippen molar-refractivity contribution in [2.75, 3.05) is 20.2 Å². The number of pyridine rings is 3. The average molecular weight is 390 g/mol. The summed E-state index contributed by atoms with van der Waals surface area (Å²) in [5.74, 6) is 0.557. The van der Waals surface area contributed by atoms with Crippen molar-refractivity contribution in [3.8, 4) is 17.1 Å². The Morgan fingerprint density at radius 1 is 1.10 bits per heavy atom. The van der Waals surface area contributed by atoms with E-state index in [2.05, 4.69) is 15.3 Å². The molecule has 4 aromatic rings. The summed E-state index contributed by atoms with van der Waals surface area (Å²) in [6.45, 7) is 1.82. The van der Waals surface area contributed by atoms with Gasteiger partial charge in [-0.2, -0.15) is 0 Å². The van der Waals surface area contributed by atoms with E-state index in [1.165, 1.54) is 0 Å². The highest BCUT2D eigenvalue weighted by molar-refractivity contribution is 6.00. The van der Waals surface area contributed by atoms with Crippen LogP contribution >= 0.6 is 0 Å². The number of methoxy groups -OCH3 is 1.